The van der Waals surface area contributed by atoms with Crippen LogP contribution < -0.4 is 5.32 Å². The van der Waals surface area contributed by atoms with E-state index in [9.17, 15) is 0 Å². The molecule has 0 atom stereocenters. The molecule has 1 N–H and O–H groups in total. The molecule has 0 amide bonds. The molecule has 0 unspecified atom stereocenters. The fraction of sp³-hybridized carbons (Fsp3) is 0.333. The molecule has 20 heavy (non-hydrogen) atoms. The molecule has 1 aromatic carbocycles. The Bertz CT molecular complexity index is 666. The van der Waals surface area contributed by atoms with Gasteiger partial charge in [-0.25, -0.2) is 9.97 Å². The number of para-hydroxylation sites is 1. The highest BCUT2D eigenvalue weighted by molar-refractivity contribution is 7.18. The Labute approximate surface area is 122 Å². The number of fused-ring (bicyclic) bond motifs is 1. The Morgan fingerprint density at radius 1 is 1.30 bits per heavy atom. The van der Waals surface area contributed by atoms with Gasteiger partial charge in [0.05, 0.1) is 23.3 Å². The number of rotatable bonds is 5. The van der Waals surface area contributed by atoms with Gasteiger partial charge in [0.1, 0.15) is 10.8 Å². The zero-order chi connectivity index (χ0) is 13.9. The summed E-state index contributed by atoms with van der Waals surface area (Å²) in [4.78, 5) is 9.09. The molecule has 0 aliphatic carbocycles. The van der Waals surface area contributed by atoms with E-state index in [-0.39, 0.29) is 0 Å². The molecule has 0 aliphatic rings. The maximum atomic E-state index is 4.67. The zero-order valence-electron chi connectivity index (χ0n) is 11.7. The van der Waals surface area contributed by atoms with Gasteiger partial charge in [0.2, 0.25) is 0 Å². The van der Waals surface area contributed by atoms with Crippen molar-refractivity contribution in [2.75, 3.05) is 0 Å². The van der Waals surface area contributed by atoms with Crippen LogP contribution in [0.25, 0.3) is 10.2 Å². The fourth-order valence-corrected chi connectivity index (χ4v) is 3.05. The maximum absolute atomic E-state index is 4.67. The highest BCUT2D eigenvalue weighted by Gasteiger charge is 2.07. The van der Waals surface area contributed by atoms with Gasteiger partial charge < -0.3 is 9.88 Å². The number of nitrogens with zero attached hydrogens (tertiary/aromatic N) is 3. The van der Waals surface area contributed by atoms with E-state index in [4.69, 9.17) is 0 Å². The summed E-state index contributed by atoms with van der Waals surface area (Å²) in [6.07, 6.45) is 3.87. The molecule has 0 bridgehead atoms. The standard InChI is InChI=1S/C15H18N4S/c1-11(2)17-9-14-16-7-8-19(14)10-15-18-12-5-3-4-6-13(12)20-15/h3-8,11,17H,9-10H2,1-2H3. The van der Waals surface area contributed by atoms with Crippen LogP contribution in [0.1, 0.15) is 24.7 Å². The minimum Gasteiger partial charge on any atom is -0.327 e. The molecule has 2 heterocycles. The van der Waals surface area contributed by atoms with Crippen molar-refractivity contribution in [3.05, 3.63) is 47.5 Å². The van der Waals surface area contributed by atoms with Crippen LogP contribution in [0.2, 0.25) is 0 Å². The third-order valence-corrected chi connectivity index (χ3v) is 4.14. The molecule has 3 aromatic rings. The summed E-state index contributed by atoms with van der Waals surface area (Å²) in [5, 5.41) is 4.52. The van der Waals surface area contributed by atoms with Gasteiger partial charge >= 0.3 is 0 Å². The van der Waals surface area contributed by atoms with E-state index in [1.165, 1.54) is 4.70 Å². The first kappa shape index (κ1) is 13.3. The van der Waals surface area contributed by atoms with E-state index in [2.05, 4.69) is 51.9 Å². The molecule has 3 rings (SSSR count). The zero-order valence-corrected chi connectivity index (χ0v) is 12.5. The quantitative estimate of drug-likeness (QED) is 0.784. The molecule has 0 aliphatic heterocycles. The molecule has 4 nitrogen and oxygen atoms in total. The van der Waals surface area contributed by atoms with Crippen LogP contribution in [0, 0.1) is 0 Å². The van der Waals surface area contributed by atoms with E-state index in [1.807, 2.05) is 18.5 Å². The molecule has 0 radical (unpaired) electrons. The average Bonchev–Trinajstić information content (AvgIpc) is 3.02. The topological polar surface area (TPSA) is 42.7 Å². The number of thiazole rings is 1. The van der Waals surface area contributed by atoms with Crippen LogP contribution in [-0.4, -0.2) is 20.6 Å². The number of benzene rings is 1. The highest BCUT2D eigenvalue weighted by atomic mass is 32.1. The first-order valence-corrected chi connectivity index (χ1v) is 7.62. The average molecular weight is 286 g/mol. The monoisotopic (exact) mass is 286 g/mol. The second kappa shape index (κ2) is 5.73. The van der Waals surface area contributed by atoms with Crippen LogP contribution in [0.4, 0.5) is 0 Å². The maximum Gasteiger partial charge on any atom is 0.123 e. The Balaban J connectivity index is 1.78. The normalized spacial score (nSPS) is 11.6. The summed E-state index contributed by atoms with van der Waals surface area (Å²) < 4.78 is 3.40. The second-order valence-corrected chi connectivity index (χ2v) is 6.20. The predicted molar refractivity (Wildman–Crippen MR) is 82.9 cm³/mol. The van der Waals surface area contributed by atoms with Crippen molar-refractivity contribution in [1.29, 1.82) is 0 Å². The van der Waals surface area contributed by atoms with Gasteiger partial charge in [0.15, 0.2) is 0 Å². The van der Waals surface area contributed by atoms with Crippen LogP contribution in [0.5, 0.6) is 0 Å². The summed E-state index contributed by atoms with van der Waals surface area (Å²) in [5.74, 6) is 1.05. The molecule has 0 saturated heterocycles. The van der Waals surface area contributed by atoms with Crippen molar-refractivity contribution in [1.82, 2.24) is 19.9 Å². The Kier molecular flexibility index (Phi) is 3.80. The third-order valence-electron chi connectivity index (χ3n) is 3.11. The van der Waals surface area contributed by atoms with Crippen molar-refractivity contribution < 1.29 is 0 Å². The Morgan fingerprint density at radius 2 is 2.15 bits per heavy atom. The van der Waals surface area contributed by atoms with Crippen LogP contribution >= 0.6 is 11.3 Å². The minimum absolute atomic E-state index is 0.461. The summed E-state index contributed by atoms with van der Waals surface area (Å²) in [7, 11) is 0. The summed E-state index contributed by atoms with van der Waals surface area (Å²) in [6, 6.07) is 8.72. The number of imidazole rings is 1. The SMILES string of the molecule is CC(C)NCc1nccn1Cc1nc2ccccc2s1. The van der Waals surface area contributed by atoms with Crippen LogP contribution in [0.3, 0.4) is 0 Å². The van der Waals surface area contributed by atoms with Crippen molar-refractivity contribution in [3.8, 4) is 0 Å². The first-order valence-electron chi connectivity index (χ1n) is 6.80. The van der Waals surface area contributed by atoms with Gasteiger partial charge in [-0.3, -0.25) is 0 Å². The lowest BCUT2D eigenvalue weighted by Crippen LogP contribution is -2.24. The first-order chi connectivity index (χ1) is 9.72. The fourth-order valence-electron chi connectivity index (χ4n) is 2.08. The van der Waals surface area contributed by atoms with E-state index >= 15 is 0 Å². The van der Waals surface area contributed by atoms with E-state index in [0.717, 1.165) is 29.4 Å². The summed E-state index contributed by atoms with van der Waals surface area (Å²) >= 11 is 1.75. The number of hydrogen-bond acceptors (Lipinski definition) is 4. The van der Waals surface area contributed by atoms with E-state index < -0.39 is 0 Å². The van der Waals surface area contributed by atoms with Crippen LogP contribution in [-0.2, 0) is 13.1 Å². The lowest BCUT2D eigenvalue weighted by molar-refractivity contribution is 0.554. The molecular formula is C15H18N4S. The van der Waals surface area contributed by atoms with Crippen molar-refractivity contribution in [2.24, 2.45) is 0 Å². The van der Waals surface area contributed by atoms with Crippen molar-refractivity contribution >= 4 is 21.6 Å². The lowest BCUT2D eigenvalue weighted by atomic mass is 10.3. The van der Waals surface area contributed by atoms with Gasteiger partial charge in [-0.05, 0) is 12.1 Å². The van der Waals surface area contributed by atoms with Gasteiger partial charge in [0, 0.05) is 18.4 Å². The Hall–Kier alpha value is -1.72. The predicted octanol–water partition coefficient (Wildman–Crippen LogP) is 3.04. The Morgan fingerprint density at radius 3 is 2.95 bits per heavy atom. The largest absolute Gasteiger partial charge is 0.327 e. The third kappa shape index (κ3) is 2.89. The van der Waals surface area contributed by atoms with Crippen LogP contribution in [0.15, 0.2) is 36.7 Å². The molecular weight excluding hydrogens is 268 g/mol. The lowest BCUT2D eigenvalue weighted by Gasteiger charge is -2.09. The van der Waals surface area contributed by atoms with Gasteiger partial charge in [-0.2, -0.15) is 0 Å². The number of nitrogens with one attached hydrogen (secondary N) is 1. The van der Waals surface area contributed by atoms with E-state index in [1.54, 1.807) is 11.3 Å². The molecule has 0 spiro atoms. The summed E-state index contributed by atoms with van der Waals surface area (Å²) in [5.41, 5.74) is 1.08. The molecule has 2 aromatic heterocycles. The summed E-state index contributed by atoms with van der Waals surface area (Å²) in [6.45, 7) is 5.85. The number of hydrogen-bond donors (Lipinski definition) is 1. The van der Waals surface area contributed by atoms with Crippen molar-refractivity contribution in [2.45, 2.75) is 33.0 Å². The van der Waals surface area contributed by atoms with Gasteiger partial charge in [0.25, 0.3) is 0 Å². The second-order valence-electron chi connectivity index (χ2n) is 5.08. The molecule has 0 fully saturated rings. The number of aromatic nitrogens is 3. The molecule has 104 valence electrons. The van der Waals surface area contributed by atoms with Gasteiger partial charge in [-0.15, -0.1) is 11.3 Å². The minimum atomic E-state index is 0.461. The smallest absolute Gasteiger partial charge is 0.123 e. The van der Waals surface area contributed by atoms with E-state index in [0.29, 0.717) is 6.04 Å². The highest BCUT2D eigenvalue weighted by Crippen LogP contribution is 2.22. The molecule has 0 saturated carbocycles. The van der Waals surface area contributed by atoms with Gasteiger partial charge in [-0.1, -0.05) is 26.0 Å². The van der Waals surface area contributed by atoms with Crippen molar-refractivity contribution in [3.63, 3.8) is 0 Å². The molecule has 5 heteroatoms.